The molecular formula is C17H17Cl2NO4. The number of ether oxygens (including phenoxy) is 1. The smallest absolute Gasteiger partial charge is 0.326 e. The Labute approximate surface area is 149 Å². The quantitative estimate of drug-likeness (QED) is 0.603. The molecule has 24 heavy (non-hydrogen) atoms. The second kappa shape index (κ2) is 7.11. The fourth-order valence-electron chi connectivity index (χ4n) is 3.38. The van der Waals surface area contributed by atoms with Gasteiger partial charge in [-0.3, -0.25) is 19.3 Å². The predicted molar refractivity (Wildman–Crippen MR) is 88.4 cm³/mol. The minimum Gasteiger partial charge on any atom is -0.459 e. The molecule has 1 aromatic rings. The van der Waals surface area contributed by atoms with E-state index in [2.05, 4.69) is 0 Å². The molecule has 0 N–H and O–H groups in total. The molecular weight excluding hydrogens is 353 g/mol. The fraction of sp³-hybridized carbons (Fsp3) is 0.471. The summed E-state index contributed by atoms with van der Waals surface area (Å²) in [7, 11) is 0. The molecule has 3 rings (SSSR count). The molecule has 0 unspecified atom stereocenters. The van der Waals surface area contributed by atoms with Crippen LogP contribution in [-0.4, -0.2) is 29.2 Å². The van der Waals surface area contributed by atoms with Crippen molar-refractivity contribution in [2.24, 2.45) is 11.8 Å². The number of rotatable bonds is 4. The lowest BCUT2D eigenvalue weighted by molar-refractivity contribution is -0.153. The van der Waals surface area contributed by atoms with Gasteiger partial charge >= 0.3 is 5.97 Å². The van der Waals surface area contributed by atoms with Crippen LogP contribution in [0.15, 0.2) is 18.2 Å². The monoisotopic (exact) mass is 369 g/mol. The number of esters is 1. The van der Waals surface area contributed by atoms with Gasteiger partial charge in [-0.15, -0.1) is 0 Å². The molecule has 2 atom stereocenters. The molecule has 0 aromatic heterocycles. The molecule has 7 heteroatoms. The first-order valence-corrected chi connectivity index (χ1v) is 8.68. The van der Waals surface area contributed by atoms with E-state index in [-0.39, 0.29) is 36.8 Å². The standard InChI is InChI=1S/C17H17Cl2NO4/c18-13-6-3-7-14(19)12(13)9-24-15(21)8-20-16(22)10-4-1-2-5-11(10)17(20)23/h3,6-7,10-11H,1-2,4-5,8-9H2/t10-,11-/m1/s1. The summed E-state index contributed by atoms with van der Waals surface area (Å²) in [6.07, 6.45) is 3.33. The van der Waals surface area contributed by atoms with E-state index in [1.807, 2.05) is 0 Å². The van der Waals surface area contributed by atoms with Gasteiger partial charge in [0.05, 0.1) is 11.8 Å². The maximum Gasteiger partial charge on any atom is 0.326 e. The molecule has 1 aliphatic carbocycles. The van der Waals surface area contributed by atoms with Gasteiger partial charge in [-0.25, -0.2) is 0 Å². The van der Waals surface area contributed by atoms with Crippen molar-refractivity contribution in [3.8, 4) is 0 Å². The summed E-state index contributed by atoms with van der Waals surface area (Å²) in [5.41, 5.74) is 0.502. The Kier molecular flexibility index (Phi) is 5.11. The zero-order valence-corrected chi connectivity index (χ0v) is 14.5. The van der Waals surface area contributed by atoms with Crippen molar-refractivity contribution in [1.82, 2.24) is 4.90 Å². The Morgan fingerprint density at radius 2 is 1.62 bits per heavy atom. The lowest BCUT2D eigenvalue weighted by Gasteiger charge is -2.19. The molecule has 0 radical (unpaired) electrons. The van der Waals surface area contributed by atoms with Crippen LogP contribution in [0.2, 0.25) is 10.0 Å². The maximum absolute atomic E-state index is 12.3. The first kappa shape index (κ1) is 17.2. The highest BCUT2D eigenvalue weighted by Crippen LogP contribution is 2.37. The molecule has 1 heterocycles. The molecule has 2 aliphatic rings. The summed E-state index contributed by atoms with van der Waals surface area (Å²) in [5, 5.41) is 0.796. The van der Waals surface area contributed by atoms with Gasteiger partial charge in [0, 0.05) is 15.6 Å². The van der Waals surface area contributed by atoms with E-state index in [4.69, 9.17) is 27.9 Å². The van der Waals surface area contributed by atoms with Crippen LogP contribution in [0.3, 0.4) is 0 Å². The highest BCUT2D eigenvalue weighted by atomic mass is 35.5. The molecule has 1 aliphatic heterocycles. The van der Waals surface area contributed by atoms with E-state index in [1.165, 1.54) is 0 Å². The van der Waals surface area contributed by atoms with Crippen LogP contribution in [-0.2, 0) is 25.7 Å². The molecule has 2 fully saturated rings. The van der Waals surface area contributed by atoms with Crippen LogP contribution in [0.1, 0.15) is 31.2 Å². The van der Waals surface area contributed by atoms with Gasteiger partial charge in [-0.2, -0.15) is 0 Å². The Balaban J connectivity index is 1.61. The number of nitrogens with zero attached hydrogens (tertiary/aromatic N) is 1. The largest absolute Gasteiger partial charge is 0.459 e. The van der Waals surface area contributed by atoms with E-state index in [9.17, 15) is 14.4 Å². The average molecular weight is 370 g/mol. The summed E-state index contributed by atoms with van der Waals surface area (Å²) < 4.78 is 5.15. The van der Waals surface area contributed by atoms with Crippen molar-refractivity contribution in [2.75, 3.05) is 6.54 Å². The summed E-state index contributed by atoms with van der Waals surface area (Å²) in [4.78, 5) is 37.7. The molecule has 1 saturated carbocycles. The summed E-state index contributed by atoms with van der Waals surface area (Å²) in [6, 6.07) is 4.99. The molecule has 0 bridgehead atoms. The number of carbonyl (C=O) groups excluding carboxylic acids is 3. The minimum atomic E-state index is -0.647. The normalized spacial score (nSPS) is 23.3. The first-order chi connectivity index (χ1) is 11.5. The molecule has 1 aromatic carbocycles. The third kappa shape index (κ3) is 3.28. The lowest BCUT2D eigenvalue weighted by Crippen LogP contribution is -2.36. The zero-order chi connectivity index (χ0) is 17.3. The van der Waals surface area contributed by atoms with Crippen LogP contribution >= 0.6 is 23.2 Å². The van der Waals surface area contributed by atoms with Gasteiger partial charge in [0.1, 0.15) is 13.2 Å². The number of carbonyl (C=O) groups is 3. The Morgan fingerprint density at radius 1 is 1.08 bits per heavy atom. The Hall–Kier alpha value is -1.59. The zero-order valence-electron chi connectivity index (χ0n) is 13.0. The van der Waals surface area contributed by atoms with Gasteiger partial charge < -0.3 is 4.74 Å². The van der Waals surface area contributed by atoms with Crippen LogP contribution in [0, 0.1) is 11.8 Å². The Bertz CT molecular complexity index is 647. The third-order valence-corrected chi connectivity index (χ3v) is 5.37. The van der Waals surface area contributed by atoms with Gasteiger partial charge in [0.15, 0.2) is 0 Å². The fourth-order valence-corrected chi connectivity index (χ4v) is 3.89. The summed E-state index contributed by atoms with van der Waals surface area (Å²) in [5.74, 6) is -1.68. The molecule has 0 spiro atoms. The van der Waals surface area contributed by atoms with Gasteiger partial charge in [0.2, 0.25) is 11.8 Å². The van der Waals surface area contributed by atoms with Crippen molar-refractivity contribution in [2.45, 2.75) is 32.3 Å². The number of fused-ring (bicyclic) bond motifs is 1. The second-order valence-corrected chi connectivity index (χ2v) is 6.94. The van der Waals surface area contributed by atoms with Crippen molar-refractivity contribution in [3.63, 3.8) is 0 Å². The first-order valence-electron chi connectivity index (χ1n) is 7.92. The number of hydrogen-bond acceptors (Lipinski definition) is 4. The minimum absolute atomic E-state index is 0.0968. The molecule has 128 valence electrons. The van der Waals surface area contributed by atoms with Crippen LogP contribution < -0.4 is 0 Å². The van der Waals surface area contributed by atoms with Gasteiger partial charge in [-0.1, -0.05) is 42.1 Å². The topological polar surface area (TPSA) is 63.7 Å². The molecule has 2 amide bonds. The van der Waals surface area contributed by atoms with Crippen LogP contribution in [0.4, 0.5) is 0 Å². The van der Waals surface area contributed by atoms with Gasteiger partial charge in [0.25, 0.3) is 0 Å². The SMILES string of the molecule is O=C(CN1C(=O)[C@@H]2CCCC[C@H]2C1=O)OCc1c(Cl)cccc1Cl. The molecule has 5 nitrogen and oxygen atoms in total. The number of hydrogen-bond donors (Lipinski definition) is 0. The highest BCUT2D eigenvalue weighted by molar-refractivity contribution is 6.35. The number of imide groups is 1. The highest BCUT2D eigenvalue weighted by Gasteiger charge is 2.48. The van der Waals surface area contributed by atoms with E-state index < -0.39 is 5.97 Å². The average Bonchev–Trinajstić information content (AvgIpc) is 2.80. The van der Waals surface area contributed by atoms with Crippen LogP contribution in [0.5, 0.6) is 0 Å². The predicted octanol–water partition coefficient (Wildman–Crippen LogP) is 3.21. The van der Waals surface area contributed by atoms with Gasteiger partial charge in [-0.05, 0) is 25.0 Å². The summed E-state index contributed by atoms with van der Waals surface area (Å²) >= 11 is 12.0. The van der Waals surface area contributed by atoms with Crippen LogP contribution in [0.25, 0.3) is 0 Å². The lowest BCUT2D eigenvalue weighted by atomic mass is 9.81. The number of amides is 2. The summed E-state index contributed by atoms with van der Waals surface area (Å²) in [6.45, 7) is -0.451. The number of halogens is 2. The van der Waals surface area contributed by atoms with Crippen molar-refractivity contribution < 1.29 is 19.1 Å². The number of likely N-dealkylation sites (tertiary alicyclic amines) is 1. The third-order valence-electron chi connectivity index (χ3n) is 4.66. The van der Waals surface area contributed by atoms with Crippen molar-refractivity contribution in [1.29, 1.82) is 0 Å². The molecule has 1 saturated heterocycles. The van der Waals surface area contributed by atoms with E-state index in [0.717, 1.165) is 30.6 Å². The van der Waals surface area contributed by atoms with Crippen molar-refractivity contribution >= 4 is 41.0 Å². The van der Waals surface area contributed by atoms with E-state index >= 15 is 0 Å². The van der Waals surface area contributed by atoms with E-state index in [0.29, 0.717) is 15.6 Å². The van der Waals surface area contributed by atoms with Crippen molar-refractivity contribution in [3.05, 3.63) is 33.8 Å². The Morgan fingerprint density at radius 3 is 2.17 bits per heavy atom. The maximum atomic E-state index is 12.3. The number of benzene rings is 1. The second-order valence-electron chi connectivity index (χ2n) is 6.12. The van der Waals surface area contributed by atoms with E-state index in [1.54, 1.807) is 18.2 Å².